The molecule has 0 radical (unpaired) electrons. The van der Waals surface area contributed by atoms with Gasteiger partial charge in [-0.1, -0.05) is 0 Å². The van der Waals surface area contributed by atoms with E-state index in [-0.39, 0.29) is 0 Å². The fourth-order valence-corrected chi connectivity index (χ4v) is 3.34. The molecule has 0 aromatic carbocycles. The van der Waals surface area contributed by atoms with Crippen LogP contribution < -0.4 is 0 Å². The van der Waals surface area contributed by atoms with E-state index in [0.717, 1.165) is 11.5 Å². The molecule has 1 aliphatic carbocycles. The number of nitrogens with zero attached hydrogens (tertiary/aromatic N) is 1. The van der Waals surface area contributed by atoms with Crippen LogP contribution in [0.25, 0.3) is 0 Å². The topological polar surface area (TPSA) is 3.24 Å². The van der Waals surface area contributed by atoms with Crippen molar-refractivity contribution < 1.29 is 0 Å². The Balaban J connectivity index is 1.90. The van der Waals surface area contributed by atoms with E-state index in [0.29, 0.717) is 0 Å². The van der Waals surface area contributed by atoms with Gasteiger partial charge in [-0.15, -0.1) is 0 Å². The monoisotopic (exact) mass is 151 g/mol. The van der Waals surface area contributed by atoms with Crippen LogP contribution in [0.3, 0.4) is 0 Å². The first-order chi connectivity index (χ1) is 5.39. The summed E-state index contributed by atoms with van der Waals surface area (Å²) in [5.41, 5.74) is 0.743. The normalized spacial score (nSPS) is 49.6. The molecular weight excluding hydrogens is 134 g/mol. The van der Waals surface area contributed by atoms with E-state index in [9.17, 15) is 0 Å². The first kappa shape index (κ1) is 6.47. The molecule has 0 atom stereocenters. The smallest absolute Gasteiger partial charge is 0.0222 e. The predicted octanol–water partition coefficient (Wildman–Crippen LogP) is 2.02. The zero-order valence-electron chi connectivity index (χ0n) is 7.18. The summed E-state index contributed by atoms with van der Waals surface area (Å²) < 4.78 is 0. The van der Waals surface area contributed by atoms with Crippen LogP contribution in [0, 0.1) is 5.92 Å². The minimum atomic E-state index is 0.743. The van der Waals surface area contributed by atoms with Crippen molar-refractivity contribution in [3.05, 3.63) is 0 Å². The van der Waals surface area contributed by atoms with Crippen molar-refractivity contribution in [2.75, 3.05) is 13.1 Å². The minimum absolute atomic E-state index is 0.743. The van der Waals surface area contributed by atoms with Gasteiger partial charge in [-0.05, 0) is 51.0 Å². The maximum atomic E-state index is 2.76. The van der Waals surface area contributed by atoms with Crippen LogP contribution in [0.1, 0.15) is 38.5 Å². The second kappa shape index (κ2) is 2.01. The number of rotatable bonds is 0. The summed E-state index contributed by atoms with van der Waals surface area (Å²) >= 11 is 0. The van der Waals surface area contributed by atoms with E-state index >= 15 is 0 Å². The second-order valence-electron chi connectivity index (χ2n) is 4.69. The Morgan fingerprint density at radius 1 is 0.909 bits per heavy atom. The van der Waals surface area contributed by atoms with Crippen molar-refractivity contribution >= 4 is 0 Å². The molecule has 0 aromatic rings. The van der Waals surface area contributed by atoms with Gasteiger partial charge in [0.05, 0.1) is 0 Å². The maximum absolute atomic E-state index is 2.76. The van der Waals surface area contributed by atoms with Crippen LogP contribution in [0.15, 0.2) is 0 Å². The number of hydrogen-bond acceptors (Lipinski definition) is 1. The first-order valence-corrected chi connectivity index (χ1v) is 5.14. The molecule has 0 unspecified atom stereocenters. The Kier molecular flexibility index (Phi) is 1.18. The third-order valence-electron chi connectivity index (χ3n) is 4.36. The molecule has 62 valence electrons. The molecule has 1 heteroatoms. The molecule has 0 amide bonds. The highest BCUT2D eigenvalue weighted by molar-refractivity contribution is 5.04. The van der Waals surface area contributed by atoms with Gasteiger partial charge in [0.2, 0.25) is 0 Å². The van der Waals surface area contributed by atoms with E-state index in [4.69, 9.17) is 0 Å². The van der Waals surface area contributed by atoms with Crippen LogP contribution in [0.2, 0.25) is 0 Å². The second-order valence-corrected chi connectivity index (χ2v) is 4.69. The highest BCUT2D eigenvalue weighted by atomic mass is 15.3. The average molecular weight is 151 g/mol. The van der Waals surface area contributed by atoms with Gasteiger partial charge < -0.3 is 0 Å². The van der Waals surface area contributed by atoms with Gasteiger partial charge in [0.25, 0.3) is 0 Å². The summed E-state index contributed by atoms with van der Waals surface area (Å²) in [6.45, 7) is 2.83. The average Bonchev–Trinajstić information content (AvgIpc) is 2.20. The Bertz CT molecular complexity index is 165. The van der Waals surface area contributed by atoms with Crippen molar-refractivity contribution in [3.8, 4) is 0 Å². The zero-order chi connectivity index (χ0) is 7.31. The standard InChI is InChI=1S/C10H17N/c1-4-10-5-2-9(1)3-7-11(10)8-6-10/h9H,1-8H2. The summed E-state index contributed by atoms with van der Waals surface area (Å²) in [6, 6.07) is 0. The van der Waals surface area contributed by atoms with Gasteiger partial charge >= 0.3 is 0 Å². The molecule has 4 rings (SSSR count). The van der Waals surface area contributed by atoms with Crippen LogP contribution in [0.4, 0.5) is 0 Å². The van der Waals surface area contributed by atoms with Crippen molar-refractivity contribution in [2.45, 2.75) is 44.1 Å². The molecule has 1 spiro atoms. The van der Waals surface area contributed by atoms with E-state index in [1.54, 1.807) is 0 Å². The van der Waals surface area contributed by atoms with Gasteiger partial charge in [0.15, 0.2) is 0 Å². The largest absolute Gasteiger partial charge is 0.298 e. The number of fused-ring (bicyclic) bond motifs is 3. The molecule has 0 aromatic heterocycles. The lowest BCUT2D eigenvalue weighted by molar-refractivity contribution is -0.0241. The van der Waals surface area contributed by atoms with E-state index in [1.807, 2.05) is 0 Å². The summed E-state index contributed by atoms with van der Waals surface area (Å²) in [4.78, 5) is 2.76. The van der Waals surface area contributed by atoms with E-state index in [1.165, 1.54) is 51.6 Å². The van der Waals surface area contributed by atoms with Crippen molar-refractivity contribution in [2.24, 2.45) is 5.92 Å². The molecule has 3 aliphatic heterocycles. The molecule has 2 bridgehead atoms. The van der Waals surface area contributed by atoms with Gasteiger partial charge in [-0.25, -0.2) is 0 Å². The highest BCUT2D eigenvalue weighted by Crippen LogP contribution is 2.48. The lowest BCUT2D eigenvalue weighted by Gasteiger charge is -2.53. The SMILES string of the molecule is C1CN2CCC23CCC1CC3. The fraction of sp³-hybridized carbons (Fsp3) is 1.00. The van der Waals surface area contributed by atoms with Gasteiger partial charge in [-0.2, -0.15) is 0 Å². The minimum Gasteiger partial charge on any atom is -0.298 e. The molecule has 3 heterocycles. The molecule has 0 N–H and O–H groups in total. The highest BCUT2D eigenvalue weighted by Gasteiger charge is 2.48. The van der Waals surface area contributed by atoms with Crippen LogP contribution >= 0.6 is 0 Å². The molecule has 1 nitrogen and oxygen atoms in total. The summed E-state index contributed by atoms with van der Waals surface area (Å²) in [5, 5.41) is 0. The Labute approximate surface area is 68.8 Å². The summed E-state index contributed by atoms with van der Waals surface area (Å²) in [5.74, 6) is 1.10. The first-order valence-electron chi connectivity index (χ1n) is 5.14. The van der Waals surface area contributed by atoms with Crippen molar-refractivity contribution in [1.29, 1.82) is 0 Å². The van der Waals surface area contributed by atoms with Gasteiger partial charge in [0.1, 0.15) is 0 Å². The third-order valence-corrected chi connectivity index (χ3v) is 4.36. The zero-order valence-corrected chi connectivity index (χ0v) is 7.18. The molecule has 1 saturated carbocycles. The van der Waals surface area contributed by atoms with Gasteiger partial charge in [0, 0.05) is 12.1 Å². The fourth-order valence-electron chi connectivity index (χ4n) is 3.34. The lowest BCUT2D eigenvalue weighted by atomic mass is 9.72. The Morgan fingerprint density at radius 2 is 1.73 bits per heavy atom. The van der Waals surface area contributed by atoms with E-state index < -0.39 is 0 Å². The van der Waals surface area contributed by atoms with Gasteiger partial charge in [-0.3, -0.25) is 4.90 Å². The predicted molar refractivity (Wildman–Crippen MR) is 45.5 cm³/mol. The summed E-state index contributed by atoms with van der Waals surface area (Å²) in [6.07, 6.45) is 9.14. The molecule has 4 aliphatic rings. The molecular formula is C10H17N. The quantitative estimate of drug-likeness (QED) is 0.512. The van der Waals surface area contributed by atoms with Crippen molar-refractivity contribution in [1.82, 2.24) is 4.90 Å². The van der Waals surface area contributed by atoms with Crippen LogP contribution in [0.5, 0.6) is 0 Å². The Hall–Kier alpha value is -0.0400. The summed E-state index contributed by atoms with van der Waals surface area (Å²) in [7, 11) is 0. The molecule has 4 fully saturated rings. The van der Waals surface area contributed by atoms with Crippen LogP contribution in [-0.4, -0.2) is 23.5 Å². The third kappa shape index (κ3) is 0.752. The molecule has 3 saturated heterocycles. The maximum Gasteiger partial charge on any atom is 0.0222 e. The van der Waals surface area contributed by atoms with Crippen molar-refractivity contribution in [3.63, 3.8) is 0 Å². The number of hydrogen-bond donors (Lipinski definition) is 0. The van der Waals surface area contributed by atoms with E-state index in [2.05, 4.69) is 4.90 Å². The molecule has 11 heavy (non-hydrogen) atoms. The lowest BCUT2D eigenvalue weighted by Crippen LogP contribution is -2.59. The Morgan fingerprint density at radius 3 is 2.36 bits per heavy atom. The van der Waals surface area contributed by atoms with Crippen LogP contribution in [-0.2, 0) is 0 Å².